The van der Waals surface area contributed by atoms with Crippen LogP contribution >= 0.6 is 0 Å². The Morgan fingerprint density at radius 2 is 1.68 bits per heavy atom. The Morgan fingerprint density at radius 1 is 0.947 bits per heavy atom. The molecular formula is C14H11F3O2. The van der Waals surface area contributed by atoms with Gasteiger partial charge in [-0.25, -0.2) is 13.2 Å². The van der Waals surface area contributed by atoms with Crippen LogP contribution in [0.1, 0.15) is 18.6 Å². The summed E-state index contributed by atoms with van der Waals surface area (Å²) < 4.78 is 44.5. The molecule has 0 radical (unpaired) electrons. The molecule has 1 N–H and O–H groups in total. The molecule has 0 aliphatic carbocycles. The highest BCUT2D eigenvalue weighted by Crippen LogP contribution is 2.27. The number of benzene rings is 2. The molecule has 0 aromatic heterocycles. The van der Waals surface area contributed by atoms with Crippen LogP contribution < -0.4 is 4.74 Å². The fraction of sp³-hybridized carbons (Fsp3) is 0.143. The quantitative estimate of drug-likeness (QED) is 0.913. The van der Waals surface area contributed by atoms with Crippen LogP contribution in [0.5, 0.6) is 11.5 Å². The van der Waals surface area contributed by atoms with E-state index in [-0.39, 0.29) is 11.5 Å². The van der Waals surface area contributed by atoms with E-state index in [0.717, 1.165) is 18.2 Å². The van der Waals surface area contributed by atoms with Crippen molar-refractivity contribution in [2.75, 3.05) is 0 Å². The molecule has 5 heteroatoms. The molecule has 2 aromatic carbocycles. The molecule has 0 saturated carbocycles. The van der Waals surface area contributed by atoms with Crippen LogP contribution in [0.4, 0.5) is 13.2 Å². The molecule has 0 bridgehead atoms. The lowest BCUT2D eigenvalue weighted by Gasteiger charge is -2.10. The fourth-order valence-corrected chi connectivity index (χ4v) is 1.53. The van der Waals surface area contributed by atoms with Crippen molar-refractivity contribution in [3.05, 3.63) is 59.4 Å². The van der Waals surface area contributed by atoms with Crippen molar-refractivity contribution in [1.82, 2.24) is 0 Å². The van der Waals surface area contributed by atoms with Gasteiger partial charge in [-0.1, -0.05) is 6.07 Å². The van der Waals surface area contributed by atoms with E-state index in [1.165, 1.54) is 25.1 Å². The molecule has 0 aliphatic heterocycles. The van der Waals surface area contributed by atoms with Crippen molar-refractivity contribution >= 4 is 0 Å². The first-order valence-corrected chi connectivity index (χ1v) is 5.58. The second kappa shape index (κ2) is 5.32. The standard InChI is InChI=1S/C14H11F3O2/c1-8(18)9-2-5-14(13(17)6-9)19-10-3-4-11(15)12(16)7-10/h2-8,18H,1H3/t8-/m0/s1. The number of aliphatic hydroxyl groups is 1. The van der Waals surface area contributed by atoms with Crippen LogP contribution in [0, 0.1) is 17.5 Å². The van der Waals surface area contributed by atoms with Gasteiger partial charge in [-0.2, -0.15) is 0 Å². The van der Waals surface area contributed by atoms with Gasteiger partial charge in [-0.3, -0.25) is 0 Å². The molecular weight excluding hydrogens is 257 g/mol. The van der Waals surface area contributed by atoms with Crippen molar-refractivity contribution in [3.63, 3.8) is 0 Å². The molecule has 100 valence electrons. The second-order valence-electron chi connectivity index (χ2n) is 4.04. The lowest BCUT2D eigenvalue weighted by molar-refractivity contribution is 0.198. The minimum Gasteiger partial charge on any atom is -0.454 e. The van der Waals surface area contributed by atoms with E-state index in [4.69, 9.17) is 4.74 Å². The van der Waals surface area contributed by atoms with Gasteiger partial charge in [0.15, 0.2) is 23.2 Å². The first-order valence-electron chi connectivity index (χ1n) is 5.58. The van der Waals surface area contributed by atoms with E-state index >= 15 is 0 Å². The smallest absolute Gasteiger partial charge is 0.166 e. The summed E-state index contributed by atoms with van der Waals surface area (Å²) in [5.74, 6) is -2.91. The van der Waals surface area contributed by atoms with Gasteiger partial charge >= 0.3 is 0 Å². The Balaban J connectivity index is 2.25. The summed E-state index contributed by atoms with van der Waals surface area (Å²) in [5.41, 5.74) is 0.398. The SMILES string of the molecule is C[C@H](O)c1ccc(Oc2ccc(F)c(F)c2)c(F)c1. The molecule has 19 heavy (non-hydrogen) atoms. The molecule has 2 nitrogen and oxygen atoms in total. The van der Waals surface area contributed by atoms with Gasteiger partial charge in [0.05, 0.1) is 6.10 Å². The summed E-state index contributed by atoms with van der Waals surface area (Å²) in [6.45, 7) is 1.50. The molecule has 0 spiro atoms. The first kappa shape index (κ1) is 13.4. The van der Waals surface area contributed by atoms with Crippen molar-refractivity contribution in [3.8, 4) is 11.5 Å². The Hall–Kier alpha value is -2.01. The average molecular weight is 268 g/mol. The van der Waals surface area contributed by atoms with E-state index in [1.807, 2.05) is 0 Å². The van der Waals surface area contributed by atoms with E-state index in [9.17, 15) is 18.3 Å². The highest BCUT2D eigenvalue weighted by molar-refractivity contribution is 5.35. The maximum absolute atomic E-state index is 13.7. The number of aliphatic hydroxyl groups excluding tert-OH is 1. The summed E-state index contributed by atoms with van der Waals surface area (Å²) >= 11 is 0. The van der Waals surface area contributed by atoms with Crippen molar-refractivity contribution in [2.45, 2.75) is 13.0 Å². The van der Waals surface area contributed by atoms with Gasteiger partial charge in [0.25, 0.3) is 0 Å². The minimum atomic E-state index is -1.07. The van der Waals surface area contributed by atoms with Crippen LogP contribution in [0.25, 0.3) is 0 Å². The third-order valence-electron chi connectivity index (χ3n) is 2.56. The van der Waals surface area contributed by atoms with E-state index in [2.05, 4.69) is 0 Å². The second-order valence-corrected chi connectivity index (χ2v) is 4.04. The predicted octanol–water partition coefficient (Wildman–Crippen LogP) is 3.95. The Kier molecular flexibility index (Phi) is 3.76. The molecule has 0 heterocycles. The summed E-state index contributed by atoms with van der Waals surface area (Å²) in [6.07, 6.45) is -0.799. The van der Waals surface area contributed by atoms with E-state index in [1.54, 1.807) is 0 Å². The Labute approximate surface area is 108 Å². The third kappa shape index (κ3) is 3.06. The molecule has 0 saturated heterocycles. The molecule has 2 rings (SSSR count). The van der Waals surface area contributed by atoms with Crippen LogP contribution in [-0.2, 0) is 0 Å². The lowest BCUT2D eigenvalue weighted by atomic mass is 10.1. The maximum atomic E-state index is 13.7. The van der Waals surface area contributed by atoms with Crippen LogP contribution in [-0.4, -0.2) is 5.11 Å². The topological polar surface area (TPSA) is 29.5 Å². The number of hydrogen-bond donors (Lipinski definition) is 1. The van der Waals surface area contributed by atoms with Gasteiger partial charge in [0, 0.05) is 6.07 Å². The largest absolute Gasteiger partial charge is 0.454 e. The summed E-state index contributed by atoms with van der Waals surface area (Å²) in [5, 5.41) is 9.30. The molecule has 0 amide bonds. The molecule has 1 atom stereocenters. The van der Waals surface area contributed by atoms with Gasteiger partial charge in [-0.05, 0) is 36.8 Å². The van der Waals surface area contributed by atoms with Crippen LogP contribution in [0.2, 0.25) is 0 Å². The van der Waals surface area contributed by atoms with Gasteiger partial charge in [-0.15, -0.1) is 0 Å². The molecule has 0 unspecified atom stereocenters. The third-order valence-corrected chi connectivity index (χ3v) is 2.56. The lowest BCUT2D eigenvalue weighted by Crippen LogP contribution is -1.95. The number of hydrogen-bond acceptors (Lipinski definition) is 2. The van der Waals surface area contributed by atoms with Crippen LogP contribution in [0.15, 0.2) is 36.4 Å². The number of rotatable bonds is 3. The Bertz CT molecular complexity index is 597. The first-order chi connectivity index (χ1) is 8.97. The van der Waals surface area contributed by atoms with E-state index in [0.29, 0.717) is 5.56 Å². The van der Waals surface area contributed by atoms with Gasteiger partial charge < -0.3 is 9.84 Å². The van der Waals surface area contributed by atoms with Crippen molar-refractivity contribution in [2.24, 2.45) is 0 Å². The molecule has 0 fully saturated rings. The predicted molar refractivity (Wildman–Crippen MR) is 63.5 cm³/mol. The van der Waals surface area contributed by atoms with Crippen molar-refractivity contribution < 1.29 is 23.0 Å². The van der Waals surface area contributed by atoms with Gasteiger partial charge in [0.2, 0.25) is 0 Å². The summed E-state index contributed by atoms with van der Waals surface area (Å²) in [6, 6.07) is 6.85. The van der Waals surface area contributed by atoms with Crippen LogP contribution in [0.3, 0.4) is 0 Å². The monoisotopic (exact) mass is 268 g/mol. The van der Waals surface area contributed by atoms with E-state index < -0.39 is 23.6 Å². The average Bonchev–Trinajstić information content (AvgIpc) is 2.36. The maximum Gasteiger partial charge on any atom is 0.166 e. The zero-order chi connectivity index (χ0) is 14.0. The zero-order valence-electron chi connectivity index (χ0n) is 10.0. The van der Waals surface area contributed by atoms with Crippen molar-refractivity contribution in [1.29, 1.82) is 0 Å². The van der Waals surface area contributed by atoms with Gasteiger partial charge in [0.1, 0.15) is 5.75 Å². The highest BCUT2D eigenvalue weighted by atomic mass is 19.2. The molecule has 0 aliphatic rings. The minimum absolute atomic E-state index is 0.0115. The number of ether oxygens (including phenoxy) is 1. The highest BCUT2D eigenvalue weighted by Gasteiger charge is 2.10. The summed E-state index contributed by atoms with van der Waals surface area (Å²) in [4.78, 5) is 0. The normalized spacial score (nSPS) is 12.3. The fourth-order valence-electron chi connectivity index (χ4n) is 1.53. The number of halogens is 3. The summed E-state index contributed by atoms with van der Waals surface area (Å²) in [7, 11) is 0. The Morgan fingerprint density at radius 3 is 2.26 bits per heavy atom. The molecule has 2 aromatic rings. The zero-order valence-corrected chi connectivity index (χ0v) is 10.0.